The Bertz CT molecular complexity index is 381. The molecule has 0 aromatic carbocycles. The summed E-state index contributed by atoms with van der Waals surface area (Å²) in [5.41, 5.74) is 2.01. The fourth-order valence-electron chi connectivity index (χ4n) is 2.88. The van der Waals surface area contributed by atoms with Crippen molar-refractivity contribution in [3.63, 3.8) is 0 Å². The second-order valence-electron chi connectivity index (χ2n) is 5.61. The number of allylic oxidation sites excluding steroid dienone is 2. The van der Waals surface area contributed by atoms with Crippen LogP contribution in [0.15, 0.2) is 23.8 Å². The molecule has 0 unspecified atom stereocenters. The Labute approximate surface area is 109 Å². The summed E-state index contributed by atoms with van der Waals surface area (Å²) < 4.78 is 5.38. The van der Waals surface area contributed by atoms with Gasteiger partial charge >= 0.3 is 5.97 Å². The number of rotatable bonds is 3. The maximum Gasteiger partial charge on any atom is 0.334 e. The van der Waals surface area contributed by atoms with Crippen molar-refractivity contribution < 1.29 is 14.6 Å². The predicted molar refractivity (Wildman–Crippen MR) is 69.9 cm³/mol. The average Bonchev–Trinajstić information content (AvgIpc) is 2.46. The first-order valence-corrected chi connectivity index (χ1v) is 6.75. The van der Waals surface area contributed by atoms with Gasteiger partial charge in [0.2, 0.25) is 0 Å². The molecule has 0 aromatic rings. The van der Waals surface area contributed by atoms with Crippen LogP contribution in [0, 0.1) is 11.8 Å². The number of aliphatic hydroxyl groups excluding tert-OH is 1. The van der Waals surface area contributed by atoms with Crippen molar-refractivity contribution in [1.82, 2.24) is 0 Å². The lowest BCUT2D eigenvalue weighted by molar-refractivity contribution is -0.139. The van der Waals surface area contributed by atoms with Gasteiger partial charge in [-0.25, -0.2) is 4.79 Å². The molecule has 0 radical (unpaired) electrons. The summed E-state index contributed by atoms with van der Waals surface area (Å²) in [4.78, 5) is 11.5. The van der Waals surface area contributed by atoms with Crippen LogP contribution in [-0.2, 0) is 9.53 Å². The molecule has 3 nitrogen and oxygen atoms in total. The third kappa shape index (κ3) is 2.66. The van der Waals surface area contributed by atoms with Crippen LogP contribution in [0.4, 0.5) is 0 Å². The zero-order valence-electron chi connectivity index (χ0n) is 11.2. The van der Waals surface area contributed by atoms with E-state index in [1.807, 2.05) is 6.92 Å². The van der Waals surface area contributed by atoms with E-state index in [2.05, 4.69) is 19.6 Å². The van der Waals surface area contributed by atoms with Crippen molar-refractivity contribution in [1.29, 1.82) is 0 Å². The van der Waals surface area contributed by atoms with Crippen LogP contribution in [0.5, 0.6) is 0 Å². The summed E-state index contributed by atoms with van der Waals surface area (Å²) in [6, 6.07) is 0. The zero-order chi connectivity index (χ0) is 13.3. The number of hydrogen-bond acceptors (Lipinski definition) is 3. The molecule has 100 valence electrons. The third-order valence-corrected chi connectivity index (χ3v) is 4.12. The Morgan fingerprint density at radius 3 is 3.00 bits per heavy atom. The van der Waals surface area contributed by atoms with Gasteiger partial charge in [0.25, 0.3) is 0 Å². The van der Waals surface area contributed by atoms with Gasteiger partial charge in [-0.1, -0.05) is 25.2 Å². The van der Waals surface area contributed by atoms with Crippen LogP contribution < -0.4 is 0 Å². The lowest BCUT2D eigenvalue weighted by Gasteiger charge is -2.18. The quantitative estimate of drug-likeness (QED) is 0.476. The molecule has 1 fully saturated rings. The predicted octanol–water partition coefficient (Wildman–Crippen LogP) is 2.60. The van der Waals surface area contributed by atoms with E-state index in [1.165, 1.54) is 5.57 Å². The molecule has 0 aromatic heterocycles. The fraction of sp³-hybridized carbons (Fsp3) is 0.667. The SMILES string of the molecule is C=C1C(=O)O[C@@H]2C[C@@H](C)C(CC[C@H](C)O)=CC[C@H]12. The van der Waals surface area contributed by atoms with Crippen LogP contribution >= 0.6 is 0 Å². The number of fused-ring (bicyclic) bond motifs is 1. The van der Waals surface area contributed by atoms with E-state index in [0.29, 0.717) is 11.5 Å². The van der Waals surface area contributed by atoms with E-state index < -0.39 is 0 Å². The van der Waals surface area contributed by atoms with Gasteiger partial charge in [0.15, 0.2) is 0 Å². The van der Waals surface area contributed by atoms with Gasteiger partial charge in [0.1, 0.15) is 6.10 Å². The Hall–Kier alpha value is -1.09. The summed E-state index contributed by atoms with van der Waals surface area (Å²) in [7, 11) is 0. The monoisotopic (exact) mass is 250 g/mol. The molecule has 0 bridgehead atoms. The van der Waals surface area contributed by atoms with Crippen LogP contribution in [0.2, 0.25) is 0 Å². The summed E-state index contributed by atoms with van der Waals surface area (Å²) >= 11 is 0. The van der Waals surface area contributed by atoms with Gasteiger partial charge in [-0.15, -0.1) is 0 Å². The molecule has 2 rings (SSSR count). The minimum absolute atomic E-state index is 0.000278. The summed E-state index contributed by atoms with van der Waals surface area (Å²) in [5.74, 6) is 0.347. The Balaban J connectivity index is 2.06. The second-order valence-corrected chi connectivity index (χ2v) is 5.61. The van der Waals surface area contributed by atoms with Crippen molar-refractivity contribution >= 4 is 5.97 Å². The lowest BCUT2D eigenvalue weighted by atomic mass is 9.90. The molecule has 0 saturated carbocycles. The summed E-state index contributed by atoms with van der Waals surface area (Å²) in [6.07, 6.45) is 5.42. The number of aliphatic hydroxyl groups is 1. The average molecular weight is 250 g/mol. The molecule has 0 amide bonds. The fourth-order valence-corrected chi connectivity index (χ4v) is 2.88. The maximum atomic E-state index is 11.5. The van der Waals surface area contributed by atoms with Gasteiger partial charge < -0.3 is 9.84 Å². The molecule has 1 heterocycles. The molecule has 1 aliphatic heterocycles. The minimum Gasteiger partial charge on any atom is -0.458 e. The van der Waals surface area contributed by atoms with Gasteiger partial charge in [-0.2, -0.15) is 0 Å². The third-order valence-electron chi connectivity index (χ3n) is 4.12. The first kappa shape index (κ1) is 13.3. The molecular weight excluding hydrogens is 228 g/mol. The van der Waals surface area contributed by atoms with Crippen molar-refractivity contribution in [3.05, 3.63) is 23.8 Å². The summed E-state index contributed by atoms with van der Waals surface area (Å²) in [6.45, 7) is 7.83. The Morgan fingerprint density at radius 1 is 1.61 bits per heavy atom. The Kier molecular flexibility index (Phi) is 3.91. The number of carbonyl (C=O) groups excluding carboxylic acids is 1. The molecular formula is C15H22O3. The number of ether oxygens (including phenoxy) is 1. The maximum absolute atomic E-state index is 11.5. The van der Waals surface area contributed by atoms with Crippen molar-refractivity contribution in [2.75, 3.05) is 0 Å². The van der Waals surface area contributed by atoms with E-state index in [4.69, 9.17) is 4.74 Å². The highest BCUT2D eigenvalue weighted by molar-refractivity contribution is 5.90. The second kappa shape index (κ2) is 5.27. The molecule has 18 heavy (non-hydrogen) atoms. The Morgan fingerprint density at radius 2 is 2.33 bits per heavy atom. The van der Waals surface area contributed by atoms with E-state index in [9.17, 15) is 9.90 Å². The largest absolute Gasteiger partial charge is 0.458 e. The molecule has 4 atom stereocenters. The highest BCUT2D eigenvalue weighted by Gasteiger charge is 2.40. The summed E-state index contributed by atoms with van der Waals surface area (Å²) in [5, 5.41) is 9.37. The van der Waals surface area contributed by atoms with Crippen molar-refractivity contribution in [2.45, 2.75) is 51.7 Å². The molecule has 3 heteroatoms. The van der Waals surface area contributed by atoms with Crippen molar-refractivity contribution in [2.24, 2.45) is 11.8 Å². The van der Waals surface area contributed by atoms with Gasteiger partial charge in [-0.05, 0) is 38.5 Å². The normalized spacial score (nSPS) is 33.5. The molecule has 1 aliphatic carbocycles. The number of hydrogen-bond donors (Lipinski definition) is 1. The first-order chi connectivity index (χ1) is 8.49. The van der Waals surface area contributed by atoms with E-state index >= 15 is 0 Å². The van der Waals surface area contributed by atoms with Crippen LogP contribution in [0.25, 0.3) is 0 Å². The van der Waals surface area contributed by atoms with Crippen LogP contribution in [0.3, 0.4) is 0 Å². The molecule has 2 aliphatic rings. The van der Waals surface area contributed by atoms with E-state index in [1.54, 1.807) is 0 Å². The first-order valence-electron chi connectivity index (χ1n) is 6.75. The van der Waals surface area contributed by atoms with Crippen LogP contribution in [0.1, 0.15) is 39.5 Å². The van der Waals surface area contributed by atoms with Gasteiger partial charge in [0, 0.05) is 11.5 Å². The van der Waals surface area contributed by atoms with Gasteiger partial charge in [-0.3, -0.25) is 0 Å². The highest BCUT2D eigenvalue weighted by atomic mass is 16.6. The standard InChI is InChI=1S/C15H22O3/c1-9-8-14-13(11(3)15(17)18-14)7-6-12(9)5-4-10(2)16/h6,9-10,13-14,16H,3-5,7-8H2,1-2H3/t9-,10+,13-,14-/m1/s1. The molecule has 1 N–H and O–H groups in total. The smallest absolute Gasteiger partial charge is 0.334 e. The molecule has 1 saturated heterocycles. The number of carbonyl (C=O) groups is 1. The lowest BCUT2D eigenvalue weighted by Crippen LogP contribution is -2.17. The van der Waals surface area contributed by atoms with E-state index in [-0.39, 0.29) is 24.1 Å². The van der Waals surface area contributed by atoms with E-state index in [0.717, 1.165) is 25.7 Å². The van der Waals surface area contributed by atoms with Crippen molar-refractivity contribution in [3.8, 4) is 0 Å². The van der Waals surface area contributed by atoms with Gasteiger partial charge in [0.05, 0.1) is 6.10 Å². The zero-order valence-corrected chi connectivity index (χ0v) is 11.2. The van der Waals surface area contributed by atoms with Crippen LogP contribution in [-0.4, -0.2) is 23.3 Å². The highest BCUT2D eigenvalue weighted by Crippen LogP contribution is 2.39. The molecule has 0 spiro atoms. The minimum atomic E-state index is -0.256. The number of esters is 1. The topological polar surface area (TPSA) is 46.5 Å².